The number of nitrogens with two attached hydrogens (primary N) is 1. The molecule has 2 rings (SSSR count). The van der Waals surface area contributed by atoms with Crippen molar-refractivity contribution in [2.75, 3.05) is 20.2 Å². The summed E-state index contributed by atoms with van der Waals surface area (Å²) in [6.45, 7) is 3.80. The molecule has 0 aromatic heterocycles. The molecule has 1 saturated carbocycles. The largest absolute Gasteiger partial charge is 0.381 e. The molecule has 7 N–H and O–H groups in total. The van der Waals surface area contributed by atoms with E-state index in [0.29, 0.717) is 12.1 Å². The van der Waals surface area contributed by atoms with Gasteiger partial charge in [-0.2, -0.15) is 0 Å². The van der Waals surface area contributed by atoms with Gasteiger partial charge in [-0.1, -0.05) is 0 Å². The number of amides is 2. The molecule has 0 spiro atoms. The second-order valence-corrected chi connectivity index (χ2v) is 7.23. The van der Waals surface area contributed by atoms with Gasteiger partial charge >= 0.3 is 6.03 Å². The van der Waals surface area contributed by atoms with Crippen molar-refractivity contribution in [2.45, 2.75) is 82.5 Å². The summed E-state index contributed by atoms with van der Waals surface area (Å²) in [6.07, 6.45) is 7.34. The van der Waals surface area contributed by atoms with Crippen molar-refractivity contribution in [3.05, 3.63) is 0 Å². The molecule has 2 fully saturated rings. The smallest absolute Gasteiger partial charge is 0.317 e. The SMILES string of the molecule is COC1CCC(NC(=O)NC2NC(C)CC(NCCCCN)N2)CC1. The Hall–Kier alpha value is -0.930. The quantitative estimate of drug-likeness (QED) is 0.345. The lowest BCUT2D eigenvalue weighted by molar-refractivity contribution is 0.0633. The van der Waals surface area contributed by atoms with Crippen molar-refractivity contribution >= 4 is 6.03 Å². The van der Waals surface area contributed by atoms with Crippen molar-refractivity contribution < 1.29 is 9.53 Å². The zero-order valence-corrected chi connectivity index (χ0v) is 15.6. The van der Waals surface area contributed by atoms with Crippen molar-refractivity contribution in [1.29, 1.82) is 0 Å². The third kappa shape index (κ3) is 7.45. The molecule has 0 radical (unpaired) electrons. The summed E-state index contributed by atoms with van der Waals surface area (Å²) in [5.74, 6) is 0. The van der Waals surface area contributed by atoms with Crippen LogP contribution in [0.5, 0.6) is 0 Å². The summed E-state index contributed by atoms with van der Waals surface area (Å²) in [5, 5.41) is 16.3. The molecule has 8 nitrogen and oxygen atoms in total. The van der Waals surface area contributed by atoms with Crippen molar-refractivity contribution in [2.24, 2.45) is 5.73 Å². The number of carbonyl (C=O) groups is 1. The number of carbonyl (C=O) groups excluding carboxylic acids is 1. The van der Waals surface area contributed by atoms with Crippen LogP contribution in [0.4, 0.5) is 4.79 Å². The van der Waals surface area contributed by atoms with E-state index in [0.717, 1.165) is 58.0 Å². The predicted molar refractivity (Wildman–Crippen MR) is 98.9 cm³/mol. The molecule has 1 heterocycles. The normalized spacial score (nSPS) is 33.0. The van der Waals surface area contributed by atoms with Crippen LogP contribution in [0.3, 0.4) is 0 Å². The topological polar surface area (TPSA) is 112 Å². The Balaban J connectivity index is 1.68. The van der Waals surface area contributed by atoms with E-state index in [2.05, 4.69) is 33.5 Å². The monoisotopic (exact) mass is 356 g/mol. The average Bonchev–Trinajstić information content (AvgIpc) is 2.59. The van der Waals surface area contributed by atoms with Gasteiger partial charge in [0.2, 0.25) is 0 Å². The number of rotatable bonds is 8. The van der Waals surface area contributed by atoms with Crippen LogP contribution < -0.4 is 32.3 Å². The van der Waals surface area contributed by atoms with Crippen LogP contribution in [-0.4, -0.2) is 56.9 Å². The first-order valence-corrected chi connectivity index (χ1v) is 9.66. The molecule has 3 atom stereocenters. The van der Waals surface area contributed by atoms with Crippen molar-refractivity contribution in [3.8, 4) is 0 Å². The Morgan fingerprint density at radius 1 is 1.16 bits per heavy atom. The van der Waals surface area contributed by atoms with Gasteiger partial charge in [-0.25, -0.2) is 4.79 Å². The highest BCUT2D eigenvalue weighted by molar-refractivity contribution is 5.74. The number of unbranched alkanes of at least 4 members (excludes halogenated alkanes) is 1. The number of hydrogen-bond acceptors (Lipinski definition) is 6. The Morgan fingerprint density at radius 2 is 1.92 bits per heavy atom. The Bertz CT molecular complexity index is 389. The van der Waals surface area contributed by atoms with Gasteiger partial charge in [-0.15, -0.1) is 0 Å². The lowest BCUT2D eigenvalue weighted by Gasteiger charge is -2.37. The van der Waals surface area contributed by atoms with Gasteiger partial charge in [-0.3, -0.25) is 10.6 Å². The first-order chi connectivity index (χ1) is 12.1. The highest BCUT2D eigenvalue weighted by Gasteiger charge is 2.27. The van der Waals surface area contributed by atoms with E-state index >= 15 is 0 Å². The van der Waals surface area contributed by atoms with Crippen LogP contribution in [0.1, 0.15) is 51.9 Å². The molecule has 3 unspecified atom stereocenters. The molecule has 1 aliphatic carbocycles. The zero-order valence-electron chi connectivity index (χ0n) is 15.6. The number of nitrogens with one attached hydrogen (secondary N) is 5. The van der Waals surface area contributed by atoms with E-state index in [-0.39, 0.29) is 24.5 Å². The first-order valence-electron chi connectivity index (χ1n) is 9.66. The summed E-state index contributed by atoms with van der Waals surface area (Å²) in [5.41, 5.74) is 5.52. The van der Waals surface area contributed by atoms with Crippen LogP contribution in [0.25, 0.3) is 0 Å². The van der Waals surface area contributed by atoms with Gasteiger partial charge in [0.15, 0.2) is 0 Å². The summed E-state index contributed by atoms with van der Waals surface area (Å²) in [6, 6.07) is 0.440. The van der Waals surface area contributed by atoms with Crippen LogP contribution in [0.2, 0.25) is 0 Å². The third-order valence-electron chi connectivity index (χ3n) is 5.05. The molecule has 1 saturated heterocycles. The second-order valence-electron chi connectivity index (χ2n) is 7.23. The van der Waals surface area contributed by atoms with E-state index in [1.54, 1.807) is 7.11 Å². The maximum Gasteiger partial charge on any atom is 0.317 e. The molecular formula is C17H36N6O2. The van der Waals surface area contributed by atoms with Gasteiger partial charge in [0.05, 0.1) is 12.3 Å². The van der Waals surface area contributed by atoms with Crippen LogP contribution in [0.15, 0.2) is 0 Å². The minimum Gasteiger partial charge on any atom is -0.381 e. The fourth-order valence-corrected chi connectivity index (χ4v) is 3.60. The summed E-state index contributed by atoms with van der Waals surface area (Å²) < 4.78 is 5.37. The molecule has 1 aliphatic heterocycles. The van der Waals surface area contributed by atoms with E-state index in [1.165, 1.54) is 0 Å². The molecule has 0 bridgehead atoms. The summed E-state index contributed by atoms with van der Waals surface area (Å²) in [4.78, 5) is 12.3. The van der Waals surface area contributed by atoms with Gasteiger partial charge < -0.3 is 26.4 Å². The highest BCUT2D eigenvalue weighted by Crippen LogP contribution is 2.20. The minimum atomic E-state index is -0.230. The standard InChI is InChI=1S/C17H36N6O2/c1-12-11-15(19-10-4-3-9-18)22-16(20-12)23-17(24)21-13-5-7-14(25-2)8-6-13/h12-16,19-20,22H,3-11,18H2,1-2H3,(H2,21,23,24). The van der Waals surface area contributed by atoms with E-state index in [4.69, 9.17) is 10.5 Å². The molecule has 25 heavy (non-hydrogen) atoms. The Labute approximate surface area is 151 Å². The first kappa shape index (κ1) is 20.4. The maximum absolute atomic E-state index is 12.3. The number of methoxy groups -OCH3 is 1. The lowest BCUT2D eigenvalue weighted by Crippen LogP contribution is -2.68. The maximum atomic E-state index is 12.3. The zero-order chi connectivity index (χ0) is 18.1. The number of ether oxygens (including phenoxy) is 1. The van der Waals surface area contributed by atoms with Gasteiger partial charge in [-0.05, 0) is 65.0 Å². The van der Waals surface area contributed by atoms with Crippen molar-refractivity contribution in [1.82, 2.24) is 26.6 Å². The molecule has 2 amide bonds. The second kappa shape index (κ2) is 10.9. The summed E-state index contributed by atoms with van der Waals surface area (Å²) in [7, 11) is 1.76. The minimum absolute atomic E-state index is 0.123. The number of urea groups is 1. The van der Waals surface area contributed by atoms with Gasteiger partial charge in [0, 0.05) is 19.2 Å². The lowest BCUT2D eigenvalue weighted by atomic mass is 9.93. The molecule has 8 heteroatoms. The van der Waals surface area contributed by atoms with Gasteiger partial charge in [0.25, 0.3) is 0 Å². The fraction of sp³-hybridized carbons (Fsp3) is 0.941. The fourth-order valence-electron chi connectivity index (χ4n) is 3.60. The molecule has 146 valence electrons. The van der Waals surface area contributed by atoms with Crippen LogP contribution in [0, 0.1) is 0 Å². The van der Waals surface area contributed by atoms with Crippen molar-refractivity contribution in [3.63, 3.8) is 0 Å². The average molecular weight is 357 g/mol. The molecule has 2 aliphatic rings. The third-order valence-corrected chi connectivity index (χ3v) is 5.05. The molecular weight excluding hydrogens is 320 g/mol. The molecule has 0 aromatic rings. The van der Waals surface area contributed by atoms with E-state index < -0.39 is 0 Å². The van der Waals surface area contributed by atoms with Crippen LogP contribution >= 0.6 is 0 Å². The summed E-state index contributed by atoms with van der Waals surface area (Å²) >= 11 is 0. The Kier molecular flexibility index (Phi) is 8.91. The van der Waals surface area contributed by atoms with E-state index in [1.807, 2.05) is 0 Å². The Morgan fingerprint density at radius 3 is 2.60 bits per heavy atom. The molecule has 0 aromatic carbocycles. The van der Waals surface area contributed by atoms with Crippen LogP contribution in [-0.2, 0) is 4.74 Å². The highest BCUT2D eigenvalue weighted by atomic mass is 16.5. The predicted octanol–water partition coefficient (Wildman–Crippen LogP) is 0.153. The van der Waals surface area contributed by atoms with Gasteiger partial charge in [0.1, 0.15) is 6.29 Å². The van der Waals surface area contributed by atoms with E-state index in [9.17, 15) is 4.79 Å². The number of hydrogen-bond donors (Lipinski definition) is 6.